The minimum Gasteiger partial charge on any atom is -0.505 e. The van der Waals surface area contributed by atoms with Crippen LogP contribution in [0.2, 0.25) is 0 Å². The number of nitrogens with one attached hydrogen (secondary N) is 2. The molecule has 0 aliphatic heterocycles. The van der Waals surface area contributed by atoms with E-state index < -0.39 is 29.1 Å². The zero-order chi connectivity index (χ0) is 24.2. The highest BCUT2D eigenvalue weighted by atomic mass is 19.1. The molecule has 0 spiro atoms. The van der Waals surface area contributed by atoms with Gasteiger partial charge in [-0.1, -0.05) is 18.2 Å². The number of hydrazine groups is 1. The first-order chi connectivity index (χ1) is 16.3. The van der Waals surface area contributed by atoms with Crippen LogP contribution >= 0.6 is 0 Å². The number of amides is 2. The van der Waals surface area contributed by atoms with E-state index in [4.69, 9.17) is 0 Å². The van der Waals surface area contributed by atoms with Gasteiger partial charge in [0.1, 0.15) is 22.6 Å². The minimum atomic E-state index is -1.46. The van der Waals surface area contributed by atoms with Crippen LogP contribution < -0.4 is 10.9 Å². The second kappa shape index (κ2) is 9.33. The van der Waals surface area contributed by atoms with E-state index in [1.807, 2.05) is 0 Å². The van der Waals surface area contributed by atoms with Gasteiger partial charge in [0.25, 0.3) is 11.8 Å². The molecule has 34 heavy (non-hydrogen) atoms. The van der Waals surface area contributed by atoms with E-state index in [0.717, 1.165) is 11.6 Å². The van der Waals surface area contributed by atoms with Crippen molar-refractivity contribution < 1.29 is 29.0 Å². The molecular weight excluding hydrogens is 443 g/mol. The van der Waals surface area contributed by atoms with Gasteiger partial charge in [-0.05, 0) is 53.9 Å². The molecule has 2 heterocycles. The Labute approximate surface area is 191 Å². The molecule has 4 aromatic rings. The van der Waals surface area contributed by atoms with Crippen molar-refractivity contribution in [2.45, 2.75) is 6.42 Å². The van der Waals surface area contributed by atoms with Gasteiger partial charge in [0.05, 0.1) is 5.56 Å². The number of nitrogens with zero attached hydrogens (tertiary/aromatic N) is 2. The molecule has 0 atom stereocenters. The van der Waals surface area contributed by atoms with Gasteiger partial charge in [0.15, 0.2) is 5.75 Å². The Morgan fingerprint density at radius 3 is 2.29 bits per heavy atom. The van der Waals surface area contributed by atoms with Crippen LogP contribution in [0.25, 0.3) is 10.9 Å². The van der Waals surface area contributed by atoms with Crippen molar-refractivity contribution in [3.63, 3.8) is 0 Å². The van der Waals surface area contributed by atoms with Gasteiger partial charge in [-0.15, -0.1) is 0 Å². The SMILES string of the molecule is O=C(NNC(=O)c1cc(C(=O)O)c(O)c2ncc(Cc3ccc(F)cc3)cc12)c1ccccn1. The molecule has 0 radical (unpaired) electrons. The largest absolute Gasteiger partial charge is 0.505 e. The summed E-state index contributed by atoms with van der Waals surface area (Å²) in [4.78, 5) is 44.7. The lowest BCUT2D eigenvalue weighted by molar-refractivity contribution is 0.0693. The van der Waals surface area contributed by atoms with E-state index >= 15 is 0 Å². The number of aromatic carboxylic acids is 1. The summed E-state index contributed by atoms with van der Waals surface area (Å²) >= 11 is 0. The van der Waals surface area contributed by atoms with Crippen molar-refractivity contribution in [1.29, 1.82) is 0 Å². The number of carbonyl (C=O) groups is 3. The smallest absolute Gasteiger partial charge is 0.339 e. The number of fused-ring (bicyclic) bond motifs is 1. The van der Waals surface area contributed by atoms with Crippen molar-refractivity contribution in [3.05, 3.63) is 101 Å². The van der Waals surface area contributed by atoms with E-state index in [9.17, 15) is 29.0 Å². The zero-order valence-electron chi connectivity index (χ0n) is 17.4. The maximum Gasteiger partial charge on any atom is 0.339 e. The first kappa shape index (κ1) is 22.3. The molecule has 9 nitrogen and oxygen atoms in total. The van der Waals surface area contributed by atoms with Crippen LogP contribution in [0.5, 0.6) is 5.75 Å². The highest BCUT2D eigenvalue weighted by Crippen LogP contribution is 2.31. The lowest BCUT2D eigenvalue weighted by Crippen LogP contribution is -2.42. The predicted octanol–water partition coefficient (Wildman–Crippen LogP) is 2.84. The molecule has 2 amide bonds. The number of benzene rings is 2. The van der Waals surface area contributed by atoms with Crippen molar-refractivity contribution in [1.82, 2.24) is 20.8 Å². The second-order valence-electron chi connectivity index (χ2n) is 7.29. The van der Waals surface area contributed by atoms with E-state index in [1.165, 1.54) is 30.6 Å². The molecule has 0 bridgehead atoms. The Bertz CT molecular complexity index is 1410. The number of pyridine rings is 2. The van der Waals surface area contributed by atoms with Gasteiger partial charge < -0.3 is 10.2 Å². The fourth-order valence-electron chi connectivity index (χ4n) is 3.35. The Hall–Kier alpha value is -4.86. The summed E-state index contributed by atoms with van der Waals surface area (Å²) in [5, 5.41) is 20.0. The molecule has 0 fully saturated rings. The molecule has 10 heteroatoms. The second-order valence-corrected chi connectivity index (χ2v) is 7.29. The van der Waals surface area contributed by atoms with Crippen LogP contribution in [0.1, 0.15) is 42.3 Å². The van der Waals surface area contributed by atoms with Crippen molar-refractivity contribution in [2.75, 3.05) is 0 Å². The maximum absolute atomic E-state index is 13.2. The quantitative estimate of drug-likeness (QED) is 0.336. The average Bonchev–Trinajstić information content (AvgIpc) is 2.84. The topological polar surface area (TPSA) is 142 Å². The summed E-state index contributed by atoms with van der Waals surface area (Å²) in [7, 11) is 0. The lowest BCUT2D eigenvalue weighted by Gasteiger charge is -2.13. The van der Waals surface area contributed by atoms with E-state index in [-0.39, 0.29) is 28.0 Å². The molecular formula is C24H17FN4O5. The van der Waals surface area contributed by atoms with Crippen LogP contribution in [0.15, 0.2) is 67.0 Å². The van der Waals surface area contributed by atoms with Gasteiger partial charge >= 0.3 is 5.97 Å². The van der Waals surface area contributed by atoms with Gasteiger partial charge in [0.2, 0.25) is 0 Å². The number of hydrogen-bond acceptors (Lipinski definition) is 6. The Morgan fingerprint density at radius 1 is 0.882 bits per heavy atom. The lowest BCUT2D eigenvalue weighted by atomic mass is 9.99. The highest BCUT2D eigenvalue weighted by molar-refractivity contribution is 6.12. The van der Waals surface area contributed by atoms with Gasteiger partial charge in [0, 0.05) is 17.8 Å². The maximum atomic E-state index is 13.2. The van der Waals surface area contributed by atoms with Crippen LogP contribution in [0.4, 0.5) is 4.39 Å². The molecule has 4 rings (SSSR count). The molecule has 0 aliphatic carbocycles. The average molecular weight is 460 g/mol. The standard InChI is InChI=1S/C24H17FN4O5/c25-15-6-4-13(5-7-15)9-14-10-16-17(11-18(24(33)34)21(30)20(16)27-12-14)22(31)28-29-23(32)19-3-1-2-8-26-19/h1-8,10-12,30H,9H2,(H,28,31)(H,29,32)(H,33,34). The zero-order valence-corrected chi connectivity index (χ0v) is 17.4. The van der Waals surface area contributed by atoms with E-state index in [2.05, 4.69) is 20.8 Å². The third-order valence-electron chi connectivity index (χ3n) is 4.99. The number of carboxylic acids is 1. The summed E-state index contributed by atoms with van der Waals surface area (Å²) in [6.07, 6.45) is 3.20. The monoisotopic (exact) mass is 460 g/mol. The number of carboxylic acid groups (broad SMARTS) is 1. The summed E-state index contributed by atoms with van der Waals surface area (Å²) in [6, 6.07) is 13.1. The third-order valence-corrected chi connectivity index (χ3v) is 4.99. The Balaban J connectivity index is 1.69. The van der Waals surface area contributed by atoms with Crippen LogP contribution in [-0.2, 0) is 6.42 Å². The Morgan fingerprint density at radius 2 is 1.62 bits per heavy atom. The van der Waals surface area contributed by atoms with Gasteiger partial charge in [-0.25, -0.2) is 9.18 Å². The number of aromatic nitrogens is 2. The van der Waals surface area contributed by atoms with Crippen molar-refractivity contribution >= 4 is 28.7 Å². The molecule has 0 saturated carbocycles. The summed E-state index contributed by atoms with van der Waals surface area (Å²) in [6.45, 7) is 0. The summed E-state index contributed by atoms with van der Waals surface area (Å²) in [5.74, 6) is -3.92. The number of halogens is 1. The third kappa shape index (κ3) is 4.65. The number of carbonyl (C=O) groups excluding carboxylic acids is 2. The van der Waals surface area contributed by atoms with Crippen LogP contribution in [0, 0.1) is 5.82 Å². The normalized spacial score (nSPS) is 10.6. The van der Waals surface area contributed by atoms with Crippen molar-refractivity contribution in [3.8, 4) is 5.75 Å². The van der Waals surface area contributed by atoms with Crippen LogP contribution in [0.3, 0.4) is 0 Å². The van der Waals surface area contributed by atoms with E-state index in [1.54, 1.807) is 30.3 Å². The van der Waals surface area contributed by atoms with Crippen LogP contribution in [-0.4, -0.2) is 38.0 Å². The molecule has 0 aliphatic rings. The summed E-state index contributed by atoms with van der Waals surface area (Å²) < 4.78 is 13.2. The van der Waals surface area contributed by atoms with Gasteiger partial charge in [-0.2, -0.15) is 0 Å². The number of aromatic hydroxyl groups is 1. The number of rotatable bonds is 5. The molecule has 0 unspecified atom stereocenters. The molecule has 2 aromatic heterocycles. The molecule has 0 saturated heterocycles. The summed E-state index contributed by atoms with van der Waals surface area (Å²) in [5.41, 5.74) is 5.18. The minimum absolute atomic E-state index is 0.0628. The van der Waals surface area contributed by atoms with Crippen molar-refractivity contribution in [2.24, 2.45) is 0 Å². The number of phenols is 1. The van der Waals surface area contributed by atoms with E-state index in [0.29, 0.717) is 12.0 Å². The fraction of sp³-hybridized carbons (Fsp3) is 0.0417. The number of hydrogen-bond donors (Lipinski definition) is 4. The molecule has 170 valence electrons. The first-order valence-corrected chi connectivity index (χ1v) is 9.97. The predicted molar refractivity (Wildman–Crippen MR) is 119 cm³/mol. The molecule has 2 aromatic carbocycles. The highest BCUT2D eigenvalue weighted by Gasteiger charge is 2.22. The fourth-order valence-corrected chi connectivity index (χ4v) is 3.35. The molecule has 4 N–H and O–H groups in total. The van der Waals surface area contributed by atoms with Gasteiger partial charge in [-0.3, -0.25) is 30.4 Å². The Kier molecular flexibility index (Phi) is 6.13. The first-order valence-electron chi connectivity index (χ1n) is 9.97.